The van der Waals surface area contributed by atoms with Gasteiger partial charge in [-0.3, -0.25) is 4.79 Å². The van der Waals surface area contributed by atoms with Crippen LogP contribution < -0.4 is 0 Å². The van der Waals surface area contributed by atoms with E-state index in [0.29, 0.717) is 13.0 Å². The number of Topliss-reactive ketones (excluding diaryl/α,β-unsaturated/α-hetero) is 1. The van der Waals surface area contributed by atoms with Gasteiger partial charge in [0.05, 0.1) is 6.54 Å². The monoisotopic (exact) mass is 305 g/mol. The number of carbonyl (C=O) groups excluding carboxylic acids is 2. The number of likely N-dealkylation sites (tertiary alicyclic amines) is 1. The van der Waals surface area contributed by atoms with Crippen molar-refractivity contribution in [2.75, 3.05) is 13.1 Å². The number of benzene rings is 1. The second kappa shape index (κ2) is 6.46. The molecule has 2 aliphatic rings. The molecule has 0 bridgehead atoms. The molecule has 1 atom stereocenters. The van der Waals surface area contributed by atoms with E-state index in [9.17, 15) is 9.59 Å². The van der Waals surface area contributed by atoms with Gasteiger partial charge in [-0.2, -0.15) is 0 Å². The van der Waals surface area contributed by atoms with Gasteiger partial charge in [0, 0.05) is 18.9 Å². The molecule has 2 fully saturated rings. The van der Waals surface area contributed by atoms with Crippen molar-refractivity contribution < 1.29 is 23.8 Å². The lowest BCUT2D eigenvalue weighted by Crippen LogP contribution is -2.41. The third-order valence-corrected chi connectivity index (χ3v) is 3.87. The summed E-state index contributed by atoms with van der Waals surface area (Å²) in [6.45, 7) is 2.48. The molecule has 1 amide bonds. The first-order chi connectivity index (χ1) is 10.6. The highest BCUT2D eigenvalue weighted by atomic mass is 16.9. The quantitative estimate of drug-likeness (QED) is 0.850. The molecule has 22 heavy (non-hydrogen) atoms. The van der Waals surface area contributed by atoms with Crippen LogP contribution in [0.2, 0.25) is 0 Å². The molecule has 118 valence electrons. The fourth-order valence-corrected chi connectivity index (χ4v) is 2.69. The van der Waals surface area contributed by atoms with E-state index >= 15 is 0 Å². The summed E-state index contributed by atoms with van der Waals surface area (Å²) < 4.78 is 15.9. The van der Waals surface area contributed by atoms with Crippen LogP contribution in [0.3, 0.4) is 0 Å². The van der Waals surface area contributed by atoms with Crippen molar-refractivity contribution in [2.45, 2.75) is 32.5 Å². The van der Waals surface area contributed by atoms with E-state index in [1.807, 2.05) is 30.3 Å². The zero-order valence-corrected chi connectivity index (χ0v) is 12.4. The zero-order chi connectivity index (χ0) is 15.5. The lowest BCUT2D eigenvalue weighted by atomic mass is 10.0. The van der Waals surface area contributed by atoms with Gasteiger partial charge in [-0.15, -0.1) is 0 Å². The highest BCUT2D eigenvalue weighted by molar-refractivity contribution is 5.89. The van der Waals surface area contributed by atoms with E-state index in [0.717, 1.165) is 5.56 Å². The standard InChI is InChI=1S/C16H19NO5/c1-11-21-15(22-11)7-13-8-17(9-14(13)18)16(19)20-10-12-5-3-2-4-6-12/h2-6,11,13,15H,7-10H2,1H3. The average molecular weight is 305 g/mol. The highest BCUT2D eigenvalue weighted by Gasteiger charge is 2.39. The van der Waals surface area contributed by atoms with Crippen LogP contribution >= 0.6 is 0 Å². The molecule has 2 aliphatic heterocycles. The molecule has 0 spiro atoms. The van der Waals surface area contributed by atoms with Crippen molar-refractivity contribution >= 4 is 11.9 Å². The Hall–Kier alpha value is -1.92. The van der Waals surface area contributed by atoms with E-state index in [1.165, 1.54) is 4.90 Å². The minimum atomic E-state index is -0.455. The number of hydrogen-bond donors (Lipinski definition) is 0. The van der Waals surface area contributed by atoms with Crippen molar-refractivity contribution in [1.29, 1.82) is 0 Å². The highest BCUT2D eigenvalue weighted by Crippen LogP contribution is 2.26. The van der Waals surface area contributed by atoms with Gasteiger partial charge in [0.1, 0.15) is 6.61 Å². The summed E-state index contributed by atoms with van der Waals surface area (Å²) in [5, 5.41) is 0. The molecule has 0 saturated carbocycles. The summed E-state index contributed by atoms with van der Waals surface area (Å²) in [5.41, 5.74) is 0.920. The number of amides is 1. The molecule has 2 saturated heterocycles. The Bertz CT molecular complexity index is 541. The van der Waals surface area contributed by atoms with Crippen molar-refractivity contribution in [2.24, 2.45) is 5.92 Å². The van der Waals surface area contributed by atoms with Crippen molar-refractivity contribution in [3.63, 3.8) is 0 Å². The Kier molecular flexibility index (Phi) is 4.40. The predicted octanol–water partition coefficient (Wildman–Crippen LogP) is 1.93. The van der Waals surface area contributed by atoms with E-state index in [1.54, 1.807) is 6.92 Å². The third-order valence-electron chi connectivity index (χ3n) is 3.87. The molecule has 0 radical (unpaired) electrons. The fourth-order valence-electron chi connectivity index (χ4n) is 2.69. The summed E-state index contributed by atoms with van der Waals surface area (Å²) in [5.74, 6) is -0.204. The van der Waals surface area contributed by atoms with Crippen LogP contribution in [0.15, 0.2) is 30.3 Å². The topological polar surface area (TPSA) is 65.1 Å². The fraction of sp³-hybridized carbons (Fsp3) is 0.500. The maximum atomic E-state index is 12.0. The van der Waals surface area contributed by atoms with Gasteiger partial charge in [0.15, 0.2) is 18.4 Å². The zero-order valence-electron chi connectivity index (χ0n) is 12.4. The van der Waals surface area contributed by atoms with Crippen LogP contribution in [0.5, 0.6) is 0 Å². The van der Waals surface area contributed by atoms with Crippen LogP contribution in [0, 0.1) is 5.92 Å². The van der Waals surface area contributed by atoms with E-state index in [4.69, 9.17) is 14.2 Å². The molecule has 1 aromatic carbocycles. The largest absolute Gasteiger partial charge is 0.445 e. The van der Waals surface area contributed by atoms with E-state index < -0.39 is 6.09 Å². The molecule has 6 heteroatoms. The molecule has 3 rings (SSSR count). The van der Waals surface area contributed by atoms with Crippen LogP contribution in [0.25, 0.3) is 0 Å². The van der Waals surface area contributed by atoms with Crippen LogP contribution in [0.1, 0.15) is 18.9 Å². The Morgan fingerprint density at radius 2 is 2.05 bits per heavy atom. The van der Waals surface area contributed by atoms with Crippen LogP contribution in [-0.4, -0.2) is 42.4 Å². The SMILES string of the molecule is CC1OC(CC2CN(C(=O)OCc3ccccc3)CC2=O)O1. The third kappa shape index (κ3) is 3.45. The lowest BCUT2D eigenvalue weighted by molar-refractivity contribution is -0.378. The Balaban J connectivity index is 1.46. The Labute approximate surface area is 128 Å². The van der Waals surface area contributed by atoms with Gasteiger partial charge in [0.25, 0.3) is 0 Å². The van der Waals surface area contributed by atoms with Gasteiger partial charge in [-0.05, 0) is 12.5 Å². The van der Waals surface area contributed by atoms with Crippen molar-refractivity contribution in [1.82, 2.24) is 4.90 Å². The first kappa shape index (κ1) is 15.0. The summed E-state index contributed by atoms with van der Waals surface area (Å²) in [4.78, 5) is 25.4. The molecule has 1 unspecified atom stereocenters. The van der Waals surface area contributed by atoms with Gasteiger partial charge in [-0.25, -0.2) is 4.79 Å². The Morgan fingerprint density at radius 3 is 2.73 bits per heavy atom. The van der Waals surface area contributed by atoms with Crippen LogP contribution in [-0.2, 0) is 25.6 Å². The van der Waals surface area contributed by atoms with E-state index in [2.05, 4.69) is 0 Å². The minimum absolute atomic E-state index is 0.0309. The predicted molar refractivity (Wildman–Crippen MR) is 76.7 cm³/mol. The molecular formula is C16H19NO5. The first-order valence-electron chi connectivity index (χ1n) is 7.41. The first-order valence-corrected chi connectivity index (χ1v) is 7.41. The number of nitrogens with zero attached hydrogens (tertiary/aromatic N) is 1. The minimum Gasteiger partial charge on any atom is -0.445 e. The maximum Gasteiger partial charge on any atom is 0.410 e. The van der Waals surface area contributed by atoms with E-state index in [-0.39, 0.29) is 37.4 Å². The number of rotatable bonds is 4. The number of ketones is 1. The Morgan fingerprint density at radius 1 is 1.32 bits per heavy atom. The smallest absolute Gasteiger partial charge is 0.410 e. The number of hydrogen-bond acceptors (Lipinski definition) is 5. The normalized spacial score (nSPS) is 27.6. The molecule has 0 aromatic heterocycles. The molecule has 2 heterocycles. The average Bonchev–Trinajstić information content (AvgIpc) is 2.85. The molecule has 6 nitrogen and oxygen atoms in total. The number of carbonyl (C=O) groups is 2. The van der Waals surface area contributed by atoms with Gasteiger partial charge in [-0.1, -0.05) is 30.3 Å². The number of ether oxygens (including phenoxy) is 3. The maximum absolute atomic E-state index is 12.0. The second-order valence-corrected chi connectivity index (χ2v) is 5.59. The molecule has 1 aromatic rings. The van der Waals surface area contributed by atoms with Gasteiger partial charge < -0.3 is 19.1 Å². The van der Waals surface area contributed by atoms with Gasteiger partial charge >= 0.3 is 6.09 Å². The molecule has 0 N–H and O–H groups in total. The lowest BCUT2D eigenvalue weighted by Gasteiger charge is -2.34. The van der Waals surface area contributed by atoms with Gasteiger partial charge in [0.2, 0.25) is 0 Å². The molecule has 0 aliphatic carbocycles. The summed E-state index contributed by atoms with van der Waals surface area (Å²) in [6.07, 6.45) is -0.493. The van der Waals surface area contributed by atoms with Crippen molar-refractivity contribution in [3.8, 4) is 0 Å². The summed E-state index contributed by atoms with van der Waals surface area (Å²) in [7, 11) is 0. The summed E-state index contributed by atoms with van der Waals surface area (Å²) in [6, 6.07) is 9.45. The van der Waals surface area contributed by atoms with Crippen molar-refractivity contribution in [3.05, 3.63) is 35.9 Å². The second-order valence-electron chi connectivity index (χ2n) is 5.59. The summed E-state index contributed by atoms with van der Waals surface area (Å²) >= 11 is 0. The van der Waals surface area contributed by atoms with Crippen LogP contribution in [0.4, 0.5) is 4.79 Å². The molecular weight excluding hydrogens is 286 g/mol.